The Balaban J connectivity index is 1.26. The molecule has 3 aliphatic rings. The van der Waals surface area contributed by atoms with Crippen molar-refractivity contribution in [3.8, 4) is 0 Å². The van der Waals surface area contributed by atoms with Crippen molar-refractivity contribution in [1.29, 1.82) is 0 Å². The van der Waals surface area contributed by atoms with E-state index in [0.717, 1.165) is 39.1 Å². The highest BCUT2D eigenvalue weighted by Gasteiger charge is 2.33. The van der Waals surface area contributed by atoms with Gasteiger partial charge in [0, 0.05) is 32.2 Å². The first kappa shape index (κ1) is 16.8. The van der Waals surface area contributed by atoms with Crippen LogP contribution in [-0.4, -0.2) is 77.4 Å². The molecule has 25 heavy (non-hydrogen) atoms. The molecule has 1 aromatic rings. The molecular weight excluding hydrogens is 322 g/mol. The molecule has 0 aliphatic carbocycles. The maximum Gasteiger partial charge on any atom is 0.317 e. The number of aryl methyl sites for hydroxylation is 1. The fraction of sp³-hybridized carbons (Fsp3) is 0.824. The van der Waals surface area contributed by atoms with Crippen LogP contribution in [0.1, 0.15) is 43.3 Å². The van der Waals surface area contributed by atoms with Crippen LogP contribution in [0, 0.1) is 6.92 Å². The van der Waals surface area contributed by atoms with Crippen molar-refractivity contribution in [2.24, 2.45) is 0 Å². The molecule has 0 aromatic carbocycles. The molecular formula is C17H27N5O3. The van der Waals surface area contributed by atoms with Gasteiger partial charge in [-0.2, -0.15) is 4.98 Å². The fourth-order valence-electron chi connectivity index (χ4n) is 4.16. The molecule has 3 fully saturated rings. The number of hydrogen-bond acceptors (Lipinski definition) is 6. The fourth-order valence-corrected chi connectivity index (χ4v) is 4.16. The van der Waals surface area contributed by atoms with Gasteiger partial charge in [-0.05, 0) is 39.2 Å². The van der Waals surface area contributed by atoms with Gasteiger partial charge in [-0.15, -0.1) is 0 Å². The maximum atomic E-state index is 12.5. The first-order valence-electron chi connectivity index (χ1n) is 9.37. The maximum absolute atomic E-state index is 12.5. The van der Waals surface area contributed by atoms with E-state index >= 15 is 0 Å². The van der Waals surface area contributed by atoms with Gasteiger partial charge in [0.15, 0.2) is 5.82 Å². The van der Waals surface area contributed by atoms with Crippen LogP contribution in [0.3, 0.4) is 0 Å². The highest BCUT2D eigenvalue weighted by atomic mass is 16.5. The van der Waals surface area contributed by atoms with Crippen LogP contribution in [-0.2, 0) is 4.74 Å². The number of urea groups is 1. The Morgan fingerprint density at radius 3 is 3.00 bits per heavy atom. The summed E-state index contributed by atoms with van der Waals surface area (Å²) < 4.78 is 11.2. The lowest BCUT2D eigenvalue weighted by Gasteiger charge is -2.36. The van der Waals surface area contributed by atoms with Crippen molar-refractivity contribution in [3.63, 3.8) is 0 Å². The van der Waals surface area contributed by atoms with Crippen LogP contribution in [0.5, 0.6) is 0 Å². The number of fused-ring (bicyclic) bond motifs is 1. The largest absolute Gasteiger partial charge is 0.373 e. The molecule has 4 rings (SSSR count). The number of morpholine rings is 1. The van der Waals surface area contributed by atoms with Crippen molar-refractivity contribution < 1.29 is 14.1 Å². The number of nitrogens with one attached hydrogen (secondary N) is 1. The summed E-state index contributed by atoms with van der Waals surface area (Å²) in [5.74, 6) is 1.42. The molecule has 4 heterocycles. The minimum atomic E-state index is -0.0203. The number of amides is 2. The molecule has 1 N–H and O–H groups in total. The van der Waals surface area contributed by atoms with Crippen LogP contribution >= 0.6 is 0 Å². The lowest BCUT2D eigenvalue weighted by molar-refractivity contribution is -0.0461. The van der Waals surface area contributed by atoms with E-state index in [1.165, 1.54) is 12.8 Å². The van der Waals surface area contributed by atoms with Gasteiger partial charge < -0.3 is 19.5 Å². The van der Waals surface area contributed by atoms with E-state index in [1.807, 2.05) is 11.8 Å². The average Bonchev–Trinajstić information content (AvgIpc) is 3.28. The number of piperidine rings is 1. The van der Waals surface area contributed by atoms with Crippen LogP contribution in [0.4, 0.5) is 4.79 Å². The minimum Gasteiger partial charge on any atom is -0.373 e. The summed E-state index contributed by atoms with van der Waals surface area (Å²) in [4.78, 5) is 21.2. The highest BCUT2D eigenvalue weighted by Crippen LogP contribution is 2.26. The zero-order valence-electron chi connectivity index (χ0n) is 14.8. The van der Waals surface area contributed by atoms with Crippen LogP contribution in [0.25, 0.3) is 0 Å². The van der Waals surface area contributed by atoms with E-state index in [-0.39, 0.29) is 18.1 Å². The van der Waals surface area contributed by atoms with E-state index in [0.29, 0.717) is 30.8 Å². The molecule has 8 heteroatoms. The third-order valence-corrected chi connectivity index (χ3v) is 5.54. The molecule has 3 aliphatic heterocycles. The molecule has 0 spiro atoms. The van der Waals surface area contributed by atoms with E-state index in [2.05, 4.69) is 20.4 Å². The van der Waals surface area contributed by atoms with Gasteiger partial charge in [-0.1, -0.05) is 5.16 Å². The Hall–Kier alpha value is -1.67. The summed E-state index contributed by atoms with van der Waals surface area (Å²) in [6.07, 6.45) is 4.53. The van der Waals surface area contributed by atoms with Crippen LogP contribution in [0.15, 0.2) is 4.52 Å². The monoisotopic (exact) mass is 349 g/mol. The van der Waals surface area contributed by atoms with Gasteiger partial charge in [0.05, 0.1) is 18.6 Å². The van der Waals surface area contributed by atoms with E-state index < -0.39 is 0 Å². The van der Waals surface area contributed by atoms with Crippen LogP contribution in [0.2, 0.25) is 0 Å². The Bertz CT molecular complexity index is 607. The molecule has 2 amide bonds. The minimum absolute atomic E-state index is 0.0203. The molecule has 0 radical (unpaired) electrons. The molecule has 3 saturated heterocycles. The normalized spacial score (nSPS) is 30.3. The number of ether oxygens (including phenoxy) is 1. The molecule has 0 unspecified atom stereocenters. The van der Waals surface area contributed by atoms with Gasteiger partial charge in [-0.25, -0.2) is 4.79 Å². The zero-order valence-corrected chi connectivity index (χ0v) is 14.8. The number of hydrogen-bond donors (Lipinski definition) is 1. The predicted octanol–water partition coefficient (Wildman–Crippen LogP) is 1.13. The van der Waals surface area contributed by atoms with Crippen molar-refractivity contribution in [1.82, 2.24) is 25.3 Å². The van der Waals surface area contributed by atoms with E-state index in [9.17, 15) is 4.79 Å². The summed E-state index contributed by atoms with van der Waals surface area (Å²) >= 11 is 0. The standard InChI is InChI=1S/C17H27N5O3/c1-12-19-16(25-20-12)13-4-2-7-22(9-13)17(23)18-8-15-10-21-6-3-5-14(21)11-24-15/h13-15H,2-11H2,1H3,(H,18,23)/t13-,14+,15+/m1/s1. The predicted molar refractivity (Wildman–Crippen MR) is 90.3 cm³/mol. The molecule has 138 valence electrons. The second-order valence-corrected chi connectivity index (χ2v) is 7.40. The Morgan fingerprint density at radius 2 is 2.16 bits per heavy atom. The summed E-state index contributed by atoms with van der Waals surface area (Å²) in [5.41, 5.74) is 0. The summed E-state index contributed by atoms with van der Waals surface area (Å²) in [7, 11) is 0. The van der Waals surface area contributed by atoms with E-state index in [1.54, 1.807) is 0 Å². The highest BCUT2D eigenvalue weighted by molar-refractivity contribution is 5.74. The first-order valence-corrected chi connectivity index (χ1v) is 9.37. The topological polar surface area (TPSA) is 83.7 Å². The second-order valence-electron chi connectivity index (χ2n) is 7.40. The number of likely N-dealkylation sites (tertiary alicyclic amines) is 1. The quantitative estimate of drug-likeness (QED) is 0.881. The van der Waals surface area contributed by atoms with Gasteiger partial charge in [0.1, 0.15) is 0 Å². The average molecular weight is 349 g/mol. The van der Waals surface area contributed by atoms with Gasteiger partial charge >= 0.3 is 6.03 Å². The zero-order chi connectivity index (χ0) is 17.2. The van der Waals surface area contributed by atoms with Crippen molar-refractivity contribution in [2.45, 2.75) is 50.7 Å². The Morgan fingerprint density at radius 1 is 1.28 bits per heavy atom. The summed E-state index contributed by atoms with van der Waals surface area (Å²) in [5, 5.41) is 6.91. The SMILES string of the molecule is Cc1noc([C@@H]2CCCN(C(=O)NC[C@H]3CN4CCC[C@H]4CO3)C2)n1. The molecule has 3 atom stereocenters. The lowest BCUT2D eigenvalue weighted by atomic mass is 9.98. The smallest absolute Gasteiger partial charge is 0.317 e. The molecule has 8 nitrogen and oxygen atoms in total. The lowest BCUT2D eigenvalue weighted by Crippen LogP contribution is -2.52. The number of carbonyl (C=O) groups excluding carboxylic acids is 1. The number of nitrogens with zero attached hydrogens (tertiary/aromatic N) is 4. The van der Waals surface area contributed by atoms with Crippen molar-refractivity contribution in [3.05, 3.63) is 11.7 Å². The van der Waals surface area contributed by atoms with Crippen LogP contribution < -0.4 is 5.32 Å². The van der Waals surface area contributed by atoms with E-state index in [4.69, 9.17) is 9.26 Å². The van der Waals surface area contributed by atoms with Gasteiger partial charge in [0.2, 0.25) is 5.89 Å². The molecule has 0 saturated carbocycles. The molecule has 0 bridgehead atoms. The third kappa shape index (κ3) is 3.79. The van der Waals surface area contributed by atoms with Crippen molar-refractivity contribution in [2.75, 3.05) is 39.3 Å². The van der Waals surface area contributed by atoms with Gasteiger partial charge in [-0.3, -0.25) is 4.90 Å². The molecule has 1 aromatic heterocycles. The third-order valence-electron chi connectivity index (χ3n) is 5.54. The number of aromatic nitrogens is 2. The van der Waals surface area contributed by atoms with Crippen molar-refractivity contribution >= 4 is 6.03 Å². The Kier molecular flexibility index (Phi) is 4.89. The number of rotatable bonds is 3. The summed E-state index contributed by atoms with van der Waals surface area (Å²) in [6.45, 7) is 6.67. The summed E-state index contributed by atoms with van der Waals surface area (Å²) in [6, 6.07) is 0.570. The first-order chi connectivity index (χ1) is 12.2. The Labute approximate surface area is 147 Å². The second kappa shape index (κ2) is 7.29. The number of carbonyl (C=O) groups is 1. The van der Waals surface area contributed by atoms with Gasteiger partial charge in [0.25, 0.3) is 0 Å².